The van der Waals surface area contributed by atoms with Gasteiger partial charge in [-0.15, -0.1) is 0 Å². The fourth-order valence-corrected chi connectivity index (χ4v) is 5.07. The number of amides is 6. The van der Waals surface area contributed by atoms with E-state index < -0.39 is 65.7 Å². The van der Waals surface area contributed by atoms with Crippen LogP contribution >= 0.6 is 0 Å². The average molecular weight is 674 g/mol. The molecule has 0 spiro atoms. The Kier molecular flexibility index (Phi) is 15.6. The van der Waals surface area contributed by atoms with Crippen LogP contribution in [-0.4, -0.2) is 102 Å². The highest BCUT2D eigenvalue weighted by atomic mass is 16.3. The van der Waals surface area contributed by atoms with Crippen molar-refractivity contribution in [3.05, 3.63) is 29.8 Å². The number of phenolic OH excluding ortho intramolecular Hbond substituents is 1. The Morgan fingerprint density at radius 1 is 0.875 bits per heavy atom. The van der Waals surface area contributed by atoms with Crippen molar-refractivity contribution in [2.24, 2.45) is 22.4 Å². The lowest BCUT2D eigenvalue weighted by molar-refractivity contribution is -0.142. The minimum absolute atomic E-state index is 0.00744. The maximum absolute atomic E-state index is 13.8. The van der Waals surface area contributed by atoms with Gasteiger partial charge in [-0.2, -0.15) is 0 Å². The van der Waals surface area contributed by atoms with E-state index in [1.807, 2.05) is 0 Å². The largest absolute Gasteiger partial charge is 0.508 e. The number of phenols is 1. The number of carbonyl (C=O) groups excluding carboxylic acids is 6. The number of aromatic hydroxyl groups is 1. The lowest BCUT2D eigenvalue weighted by Gasteiger charge is -2.31. The molecule has 48 heavy (non-hydrogen) atoms. The van der Waals surface area contributed by atoms with E-state index in [4.69, 9.17) is 11.5 Å². The third kappa shape index (κ3) is 12.7. The zero-order valence-corrected chi connectivity index (χ0v) is 28.4. The van der Waals surface area contributed by atoms with E-state index in [0.717, 1.165) is 0 Å². The maximum atomic E-state index is 13.8. The number of hydrogen-bond acceptors (Lipinski definition) is 8. The SMILES string of the molecule is CC(=O)NCCCC[C@@H]1NC(=O)[C@H](CCCN=C(N)N)NC(=O)[C@@H](Cc2ccc(O)cc2)NC(=O)[C@H](C(C)C)NC(=O)[C@H](C)N(C)C1=O. The monoisotopic (exact) mass is 673 g/mol. The molecular weight excluding hydrogens is 622 g/mol. The van der Waals surface area contributed by atoms with Crippen LogP contribution in [0, 0.1) is 5.92 Å². The van der Waals surface area contributed by atoms with Crippen LogP contribution in [0.4, 0.5) is 0 Å². The van der Waals surface area contributed by atoms with E-state index >= 15 is 0 Å². The maximum Gasteiger partial charge on any atom is 0.245 e. The quantitative estimate of drug-likeness (QED) is 0.0749. The smallest absolute Gasteiger partial charge is 0.245 e. The summed E-state index contributed by atoms with van der Waals surface area (Å²) in [5.41, 5.74) is 11.5. The molecule has 0 saturated carbocycles. The highest BCUT2D eigenvalue weighted by Gasteiger charge is 2.36. The van der Waals surface area contributed by atoms with Crippen LogP contribution in [0.3, 0.4) is 0 Å². The molecule has 0 radical (unpaired) electrons. The Hall–Kier alpha value is -4.89. The zero-order valence-electron chi connectivity index (χ0n) is 28.4. The standard InChI is InChI=1S/C32H51N9O7/c1-18(2)26-30(47)39-25(17-21-11-13-22(43)14-12-21)29(46)37-23(10-8-16-36-32(33)34)28(45)38-24(9-6-7-15-35-20(4)42)31(48)41(5)19(3)27(44)40-26/h11-14,18-19,23-26,43H,6-10,15-17H2,1-5H3,(H,35,42)(H,37,46)(H,38,45)(H,39,47)(H,40,44)(H4,33,34,36)/t19-,23-,24-,25+,26-/m0/s1. The summed E-state index contributed by atoms with van der Waals surface area (Å²) in [5.74, 6) is -3.78. The molecule has 6 amide bonds. The topological polar surface area (TPSA) is 250 Å². The predicted octanol–water partition coefficient (Wildman–Crippen LogP) is -1.25. The Bertz CT molecular complexity index is 1320. The first-order chi connectivity index (χ1) is 22.6. The van der Waals surface area contributed by atoms with Gasteiger partial charge < -0.3 is 48.1 Å². The van der Waals surface area contributed by atoms with Crippen LogP contribution in [0.5, 0.6) is 5.75 Å². The van der Waals surface area contributed by atoms with E-state index in [9.17, 15) is 33.9 Å². The van der Waals surface area contributed by atoms with Crippen LogP contribution in [-0.2, 0) is 35.2 Å². The van der Waals surface area contributed by atoms with Crippen molar-refractivity contribution in [3.63, 3.8) is 0 Å². The number of nitrogens with zero attached hydrogens (tertiary/aromatic N) is 2. The van der Waals surface area contributed by atoms with Crippen molar-refractivity contribution in [2.45, 2.75) is 96.4 Å². The molecule has 1 aliphatic heterocycles. The van der Waals surface area contributed by atoms with Gasteiger partial charge in [-0.05, 0) is 62.6 Å². The Balaban J connectivity index is 2.53. The van der Waals surface area contributed by atoms with Gasteiger partial charge in [-0.25, -0.2) is 0 Å². The van der Waals surface area contributed by atoms with Gasteiger partial charge in [-0.1, -0.05) is 26.0 Å². The van der Waals surface area contributed by atoms with Crippen molar-refractivity contribution in [1.82, 2.24) is 31.5 Å². The Morgan fingerprint density at radius 2 is 1.46 bits per heavy atom. The molecule has 1 aliphatic rings. The van der Waals surface area contributed by atoms with Gasteiger partial charge in [0.1, 0.15) is 36.0 Å². The molecule has 10 N–H and O–H groups in total. The summed E-state index contributed by atoms with van der Waals surface area (Å²) in [7, 11) is 1.44. The van der Waals surface area contributed by atoms with Crippen LogP contribution in [0.15, 0.2) is 29.3 Å². The Labute approximate surface area is 281 Å². The van der Waals surface area contributed by atoms with Crippen LogP contribution in [0.2, 0.25) is 0 Å². The normalized spacial score (nSPS) is 22.8. The number of likely N-dealkylation sites (N-methyl/N-ethyl adjacent to an activating group) is 1. The van der Waals surface area contributed by atoms with Gasteiger partial charge in [0.2, 0.25) is 35.4 Å². The average Bonchev–Trinajstić information content (AvgIpc) is 3.02. The van der Waals surface area contributed by atoms with Gasteiger partial charge in [0.25, 0.3) is 0 Å². The molecule has 2 rings (SSSR count). The summed E-state index contributed by atoms with van der Waals surface area (Å²) in [6, 6.07) is 0.649. The van der Waals surface area contributed by atoms with E-state index in [0.29, 0.717) is 31.4 Å². The number of nitrogens with two attached hydrogens (primary N) is 2. The summed E-state index contributed by atoms with van der Waals surface area (Å²) < 4.78 is 0. The molecule has 1 aromatic rings. The van der Waals surface area contributed by atoms with Crippen molar-refractivity contribution in [1.29, 1.82) is 0 Å². The van der Waals surface area contributed by atoms with Gasteiger partial charge in [0, 0.05) is 33.5 Å². The third-order valence-electron chi connectivity index (χ3n) is 8.05. The first kappa shape index (κ1) is 39.3. The van der Waals surface area contributed by atoms with Crippen molar-refractivity contribution < 1.29 is 33.9 Å². The Morgan fingerprint density at radius 3 is 2.06 bits per heavy atom. The minimum Gasteiger partial charge on any atom is -0.508 e. The summed E-state index contributed by atoms with van der Waals surface area (Å²) in [5, 5.41) is 23.4. The van der Waals surface area contributed by atoms with E-state index in [2.05, 4.69) is 31.6 Å². The molecule has 0 unspecified atom stereocenters. The zero-order chi connectivity index (χ0) is 36.0. The van der Waals surface area contributed by atoms with Gasteiger partial charge in [0.15, 0.2) is 5.96 Å². The third-order valence-corrected chi connectivity index (χ3v) is 8.05. The molecule has 1 heterocycles. The fraction of sp³-hybridized carbons (Fsp3) is 0.594. The van der Waals surface area contributed by atoms with Crippen LogP contribution < -0.4 is 38.1 Å². The lowest BCUT2D eigenvalue weighted by atomic mass is 10.00. The van der Waals surface area contributed by atoms with Crippen LogP contribution in [0.25, 0.3) is 0 Å². The number of benzene rings is 1. The predicted molar refractivity (Wildman–Crippen MR) is 179 cm³/mol. The van der Waals surface area contributed by atoms with Crippen molar-refractivity contribution >= 4 is 41.4 Å². The second kappa shape index (κ2) is 19.1. The van der Waals surface area contributed by atoms with E-state index in [1.165, 1.54) is 37.9 Å². The summed E-state index contributed by atoms with van der Waals surface area (Å²) in [4.78, 5) is 84.8. The molecule has 1 saturated heterocycles. The summed E-state index contributed by atoms with van der Waals surface area (Å²) in [6.45, 7) is 6.93. The second-order valence-corrected chi connectivity index (χ2v) is 12.3. The summed E-state index contributed by atoms with van der Waals surface area (Å²) in [6.07, 6.45) is 1.57. The van der Waals surface area contributed by atoms with Crippen molar-refractivity contribution in [3.8, 4) is 5.75 Å². The fourth-order valence-electron chi connectivity index (χ4n) is 5.07. The highest BCUT2D eigenvalue weighted by molar-refractivity contribution is 5.98. The number of rotatable bonds is 12. The second-order valence-electron chi connectivity index (χ2n) is 12.3. The van der Waals surface area contributed by atoms with Gasteiger partial charge in [0.05, 0.1) is 0 Å². The molecule has 0 bridgehead atoms. The molecule has 1 aromatic carbocycles. The summed E-state index contributed by atoms with van der Waals surface area (Å²) >= 11 is 0. The molecule has 16 heteroatoms. The number of guanidine groups is 1. The van der Waals surface area contributed by atoms with Gasteiger partial charge in [-0.3, -0.25) is 33.8 Å². The van der Waals surface area contributed by atoms with Crippen LogP contribution in [0.1, 0.15) is 65.4 Å². The first-order valence-electron chi connectivity index (χ1n) is 16.2. The lowest BCUT2D eigenvalue weighted by Crippen LogP contribution is -2.59. The van der Waals surface area contributed by atoms with E-state index in [1.54, 1.807) is 26.0 Å². The van der Waals surface area contributed by atoms with Gasteiger partial charge >= 0.3 is 0 Å². The molecular formula is C32H51N9O7. The first-order valence-corrected chi connectivity index (χ1v) is 16.2. The number of nitrogens with one attached hydrogen (secondary N) is 5. The highest BCUT2D eigenvalue weighted by Crippen LogP contribution is 2.14. The molecule has 1 fully saturated rings. The number of hydrogen-bond donors (Lipinski definition) is 8. The number of unbranched alkanes of at least 4 members (excludes halogenated alkanes) is 1. The number of aliphatic imine (C=N–C) groups is 1. The van der Waals surface area contributed by atoms with E-state index in [-0.39, 0.29) is 43.4 Å². The molecule has 0 aliphatic carbocycles. The molecule has 0 aromatic heterocycles. The molecule has 266 valence electrons. The number of carbonyl (C=O) groups is 6. The minimum atomic E-state index is -1.18. The molecule has 5 atom stereocenters. The van der Waals surface area contributed by atoms with Crippen molar-refractivity contribution in [2.75, 3.05) is 20.1 Å². The molecule has 16 nitrogen and oxygen atoms in total.